The van der Waals surface area contributed by atoms with Crippen LogP contribution in [-0.4, -0.2) is 52.8 Å². The van der Waals surface area contributed by atoms with Crippen LogP contribution in [0.3, 0.4) is 0 Å². The van der Waals surface area contributed by atoms with Crippen LogP contribution in [0.15, 0.2) is 127 Å². The van der Waals surface area contributed by atoms with Crippen molar-refractivity contribution in [3.63, 3.8) is 0 Å². The fourth-order valence-corrected chi connectivity index (χ4v) is 5.73. The zero-order valence-corrected chi connectivity index (χ0v) is 24.6. The quantitative estimate of drug-likeness (QED) is 0.0931. The van der Waals surface area contributed by atoms with Gasteiger partial charge < -0.3 is 15.9 Å². The number of nitrogens with zero attached hydrogens (tertiary/aromatic N) is 5. The largest absolute Gasteiger partial charge is 0.553 e. The minimum atomic E-state index is 0.582. The zero-order valence-electron chi connectivity index (χ0n) is 24.6. The number of hydrogen-bond acceptors (Lipinski definition) is 5. The number of hydrogen-bond donors (Lipinski definition) is 3. The number of hydrazine groups is 1. The molecule has 2 aliphatic heterocycles. The second kappa shape index (κ2) is 12.1. The van der Waals surface area contributed by atoms with Crippen LogP contribution in [0.5, 0.6) is 0 Å². The molecule has 1 aromatic heterocycles. The molecule has 0 unspecified atom stereocenters. The summed E-state index contributed by atoms with van der Waals surface area (Å²) >= 11 is 0. The Labute approximate surface area is 254 Å². The second-order valence-electron chi connectivity index (χ2n) is 11.1. The third-order valence-corrected chi connectivity index (χ3v) is 7.71. The van der Waals surface area contributed by atoms with Crippen molar-refractivity contribution in [2.75, 3.05) is 31.4 Å². The van der Waals surface area contributed by atoms with E-state index in [1.54, 1.807) is 11.2 Å². The van der Waals surface area contributed by atoms with Gasteiger partial charge in [-0.1, -0.05) is 72.8 Å². The van der Waals surface area contributed by atoms with Crippen molar-refractivity contribution in [1.82, 2.24) is 14.2 Å². The molecule has 9 heteroatoms. The van der Waals surface area contributed by atoms with Gasteiger partial charge in [-0.3, -0.25) is 19.3 Å². The summed E-state index contributed by atoms with van der Waals surface area (Å²) in [6.45, 7) is 2.15. The zero-order chi connectivity index (χ0) is 29.9. The van der Waals surface area contributed by atoms with E-state index in [9.17, 15) is 0 Å². The number of nitrogen functional groups attached to an aromatic ring is 1. The van der Waals surface area contributed by atoms with Crippen molar-refractivity contribution in [3.05, 3.63) is 149 Å². The van der Waals surface area contributed by atoms with Gasteiger partial charge in [-0.05, 0) is 54.1 Å². The molecular weight excluding hydrogens is 531 g/mol. The lowest BCUT2D eigenvalue weighted by Crippen LogP contribution is -2.42. The average Bonchev–Trinajstić information content (AvgIpc) is 3.62. The van der Waals surface area contributed by atoms with Gasteiger partial charge in [0, 0.05) is 48.0 Å². The molecular formula is C34H37BN8+. The molecule has 0 saturated carbocycles. The van der Waals surface area contributed by atoms with E-state index >= 15 is 0 Å². The van der Waals surface area contributed by atoms with E-state index in [1.165, 1.54) is 11.1 Å². The highest BCUT2D eigenvalue weighted by Crippen LogP contribution is 2.38. The summed E-state index contributed by atoms with van der Waals surface area (Å²) in [7, 11) is 6.27. The predicted molar refractivity (Wildman–Crippen MR) is 176 cm³/mol. The number of rotatable bonds is 9. The SMILES string of the molecule is CN(CC(N)=CN(N)c1ccc2n1[B]N1C(=C2c2ccc(N)cc2)C=CC1=[N+](C)Cc1ccccc1)Cc1ccccc1. The molecule has 1 radical (unpaired) electrons. The summed E-state index contributed by atoms with van der Waals surface area (Å²) in [6, 6.07) is 33.0. The Morgan fingerprint density at radius 1 is 0.884 bits per heavy atom. The highest BCUT2D eigenvalue weighted by Gasteiger charge is 2.40. The summed E-state index contributed by atoms with van der Waals surface area (Å²) < 4.78 is 4.38. The molecule has 6 rings (SSSR count). The first-order valence-electron chi connectivity index (χ1n) is 14.4. The lowest BCUT2D eigenvalue weighted by molar-refractivity contribution is -0.516. The van der Waals surface area contributed by atoms with Crippen molar-refractivity contribution in [2.24, 2.45) is 11.6 Å². The van der Waals surface area contributed by atoms with E-state index in [1.807, 2.05) is 42.5 Å². The van der Waals surface area contributed by atoms with Gasteiger partial charge in [-0.25, -0.2) is 5.84 Å². The predicted octanol–water partition coefficient (Wildman–Crippen LogP) is 3.95. The van der Waals surface area contributed by atoms with Crippen LogP contribution >= 0.6 is 0 Å². The van der Waals surface area contributed by atoms with Crippen molar-refractivity contribution in [3.8, 4) is 0 Å². The maximum absolute atomic E-state index is 6.66. The van der Waals surface area contributed by atoms with Gasteiger partial charge in [0.25, 0.3) is 5.84 Å². The van der Waals surface area contributed by atoms with Crippen LogP contribution in [0.4, 0.5) is 11.5 Å². The Morgan fingerprint density at radius 3 is 2.26 bits per heavy atom. The molecule has 0 aliphatic carbocycles. The summed E-state index contributed by atoms with van der Waals surface area (Å²) in [4.78, 5) is 4.39. The number of amidine groups is 1. The first-order valence-corrected chi connectivity index (χ1v) is 14.4. The molecule has 0 fully saturated rings. The summed E-state index contributed by atoms with van der Waals surface area (Å²) in [5.41, 5.74) is 20.7. The minimum Gasteiger partial charge on any atom is -0.400 e. The third-order valence-electron chi connectivity index (χ3n) is 7.71. The fourth-order valence-electron chi connectivity index (χ4n) is 5.73. The van der Waals surface area contributed by atoms with Gasteiger partial charge in [0.2, 0.25) is 0 Å². The van der Waals surface area contributed by atoms with Crippen molar-refractivity contribution in [1.29, 1.82) is 0 Å². The highest BCUT2D eigenvalue weighted by atomic mass is 15.4. The Balaban J connectivity index is 1.32. The first kappa shape index (κ1) is 28.1. The molecule has 0 amide bonds. The van der Waals surface area contributed by atoms with Gasteiger partial charge in [-0.2, -0.15) is 0 Å². The summed E-state index contributed by atoms with van der Waals surface area (Å²) in [5.74, 6) is 8.53. The Kier molecular flexibility index (Phi) is 7.92. The molecule has 0 saturated heterocycles. The molecule has 6 N–H and O–H groups in total. The molecule has 3 heterocycles. The Hall–Kier alpha value is -4.99. The topological polar surface area (TPSA) is 95.7 Å². The Bertz CT molecular complexity index is 1720. The molecule has 215 valence electrons. The molecule has 0 atom stereocenters. The van der Waals surface area contributed by atoms with Gasteiger partial charge in [0.05, 0.1) is 7.05 Å². The second-order valence-corrected chi connectivity index (χ2v) is 11.1. The van der Waals surface area contributed by atoms with E-state index in [4.69, 9.17) is 17.3 Å². The standard InChI is InChI=1S/C34H36BN8/c1-39(21-25-9-5-3-6-10-25)23-29(37)24-41(38)33-20-18-31-34(27-13-15-28(36)16-14-27)30-17-19-32(42(30)35-43(31)33)40(2)22-26-11-7-4-8-12-26/h3-20,24,36H,21-23,37-38H2,1-2H3/p+1. The number of likely N-dealkylation sites (N-methyl/N-ethyl adjacent to an activating group) is 1. The maximum Gasteiger partial charge on any atom is 0.553 e. The van der Waals surface area contributed by atoms with Gasteiger partial charge in [0.1, 0.15) is 18.1 Å². The highest BCUT2D eigenvalue weighted by molar-refractivity contribution is 6.41. The number of anilines is 2. The molecule has 8 nitrogen and oxygen atoms in total. The fraction of sp³-hybridized carbons (Fsp3) is 0.147. The van der Waals surface area contributed by atoms with E-state index in [2.05, 4.69) is 107 Å². The number of nitrogens with two attached hydrogens (primary N) is 3. The van der Waals surface area contributed by atoms with Crippen LogP contribution in [0.1, 0.15) is 22.4 Å². The lowest BCUT2D eigenvalue weighted by Gasteiger charge is -2.28. The van der Waals surface area contributed by atoms with Crippen LogP contribution in [0.25, 0.3) is 5.57 Å². The first-order chi connectivity index (χ1) is 20.9. The maximum atomic E-state index is 6.66. The van der Waals surface area contributed by atoms with Crippen LogP contribution < -0.4 is 22.3 Å². The third kappa shape index (κ3) is 5.99. The molecule has 0 bridgehead atoms. The molecule has 4 aromatic rings. The number of allylic oxidation sites excluding steroid dienone is 1. The summed E-state index contributed by atoms with van der Waals surface area (Å²) in [6.07, 6.45) is 6.14. The smallest absolute Gasteiger partial charge is 0.400 e. The van der Waals surface area contributed by atoms with Crippen molar-refractivity contribution < 1.29 is 4.58 Å². The Morgan fingerprint density at radius 2 is 1.56 bits per heavy atom. The number of aromatic nitrogens is 1. The van der Waals surface area contributed by atoms with Crippen LogP contribution in [0.2, 0.25) is 0 Å². The molecule has 0 spiro atoms. The normalized spacial score (nSPS) is 15.4. The van der Waals surface area contributed by atoms with E-state index in [-0.39, 0.29) is 0 Å². The van der Waals surface area contributed by atoms with Crippen LogP contribution in [-0.2, 0) is 13.1 Å². The van der Waals surface area contributed by atoms with Gasteiger partial charge >= 0.3 is 7.55 Å². The lowest BCUT2D eigenvalue weighted by atomic mass is 9.91. The number of fused-ring (bicyclic) bond motifs is 2. The van der Waals surface area contributed by atoms with E-state index in [0.717, 1.165) is 53.0 Å². The van der Waals surface area contributed by atoms with Crippen molar-refractivity contribution in [2.45, 2.75) is 13.1 Å². The molecule has 2 aliphatic rings. The van der Waals surface area contributed by atoms with Crippen LogP contribution in [0, 0.1) is 0 Å². The summed E-state index contributed by atoms with van der Waals surface area (Å²) in [5, 5.41) is 1.61. The van der Waals surface area contributed by atoms with E-state index in [0.29, 0.717) is 12.2 Å². The van der Waals surface area contributed by atoms with Gasteiger partial charge in [0.15, 0.2) is 0 Å². The number of benzene rings is 3. The average molecular weight is 569 g/mol. The van der Waals surface area contributed by atoms with E-state index < -0.39 is 0 Å². The monoisotopic (exact) mass is 568 g/mol. The minimum absolute atomic E-state index is 0.582. The molecule has 3 aromatic carbocycles. The van der Waals surface area contributed by atoms with Gasteiger partial charge in [-0.15, -0.1) is 0 Å². The molecule has 43 heavy (non-hydrogen) atoms. The van der Waals surface area contributed by atoms with Crippen molar-refractivity contribution >= 4 is 30.5 Å².